The summed E-state index contributed by atoms with van der Waals surface area (Å²) in [6, 6.07) is 18.1. The molecular formula is C15H15Se2+. The number of hydrogen-bond acceptors (Lipinski definition) is 0. The average molecular weight is 353 g/mol. The van der Waals surface area contributed by atoms with Crippen LogP contribution in [0.2, 0.25) is 5.82 Å². The van der Waals surface area contributed by atoms with E-state index < -0.39 is 13.9 Å². The summed E-state index contributed by atoms with van der Waals surface area (Å²) in [7, 11) is 0. The van der Waals surface area contributed by atoms with Gasteiger partial charge < -0.3 is 0 Å². The van der Waals surface area contributed by atoms with E-state index in [9.17, 15) is 0 Å². The first kappa shape index (κ1) is 11.6. The van der Waals surface area contributed by atoms with E-state index in [2.05, 4.69) is 54.4 Å². The summed E-state index contributed by atoms with van der Waals surface area (Å²) < 4.78 is 3.20. The second kappa shape index (κ2) is 5.00. The summed E-state index contributed by atoms with van der Waals surface area (Å²) in [6.45, 7) is 0. The molecule has 2 aromatic carbocycles. The molecule has 0 aliphatic carbocycles. The summed E-state index contributed by atoms with van der Waals surface area (Å²) in [4.78, 5) is 0. The molecule has 0 nitrogen and oxygen atoms in total. The number of hydrogen-bond donors (Lipinski definition) is 0. The van der Waals surface area contributed by atoms with Crippen LogP contribution in [0.3, 0.4) is 0 Å². The van der Waals surface area contributed by atoms with Gasteiger partial charge in [-0.15, -0.1) is 0 Å². The Bertz CT molecular complexity index is 486. The second-order valence-corrected chi connectivity index (χ2v) is 11.2. The molecule has 3 rings (SSSR count). The Kier molecular flexibility index (Phi) is 3.40. The standard InChI is InChI=1S/C15H15Se2/c1-17-10-12-6-2-4-8-14(12)16-15-9-5-3-7-13(15)11-17/h2-9H,10-11H2,1H3/q+1. The van der Waals surface area contributed by atoms with Crippen molar-refractivity contribution in [3.63, 3.8) is 0 Å². The normalized spacial score (nSPS) is 15.6. The summed E-state index contributed by atoms with van der Waals surface area (Å²) in [5.41, 5.74) is 3.24. The zero-order valence-corrected chi connectivity index (χ0v) is 13.3. The molecule has 0 radical (unpaired) electrons. The number of benzene rings is 2. The minimum atomic E-state index is -0.495. The van der Waals surface area contributed by atoms with Gasteiger partial charge in [-0.2, -0.15) is 0 Å². The van der Waals surface area contributed by atoms with Crippen molar-refractivity contribution in [1.29, 1.82) is 0 Å². The first-order valence-electron chi connectivity index (χ1n) is 5.76. The molecule has 1 heterocycles. The van der Waals surface area contributed by atoms with Crippen molar-refractivity contribution in [1.82, 2.24) is 0 Å². The van der Waals surface area contributed by atoms with E-state index in [1.807, 2.05) is 0 Å². The Balaban J connectivity index is 2.09. The van der Waals surface area contributed by atoms with E-state index in [-0.39, 0.29) is 0 Å². The fraction of sp³-hybridized carbons (Fsp3) is 0.200. The van der Waals surface area contributed by atoms with Gasteiger partial charge in [-0.05, 0) is 0 Å². The molecule has 0 unspecified atom stereocenters. The molecule has 1 aliphatic heterocycles. The molecule has 0 N–H and O–H groups in total. The summed E-state index contributed by atoms with van der Waals surface area (Å²) in [6.07, 6.45) is 0. The van der Waals surface area contributed by atoms with E-state index in [1.165, 1.54) is 10.6 Å². The van der Waals surface area contributed by atoms with Gasteiger partial charge in [0.25, 0.3) is 0 Å². The van der Waals surface area contributed by atoms with E-state index in [1.54, 1.807) is 20.1 Å². The maximum atomic E-state index is 2.49. The van der Waals surface area contributed by atoms with Crippen LogP contribution in [0, 0.1) is 0 Å². The van der Waals surface area contributed by atoms with Crippen molar-refractivity contribution < 1.29 is 0 Å². The van der Waals surface area contributed by atoms with Crippen molar-refractivity contribution in [2.24, 2.45) is 0 Å². The third kappa shape index (κ3) is 2.51. The van der Waals surface area contributed by atoms with E-state index >= 15 is 0 Å². The maximum absolute atomic E-state index is 2.49. The summed E-state index contributed by atoms with van der Waals surface area (Å²) in [5, 5.41) is 2.71. The summed E-state index contributed by atoms with van der Waals surface area (Å²) >= 11 is 0.00449. The minimum absolute atomic E-state index is 0.495. The SMILES string of the molecule is C[Se+]1Cc2ccccc2[Se]c2ccccc2C1. The van der Waals surface area contributed by atoms with Gasteiger partial charge >= 0.3 is 114 Å². The van der Waals surface area contributed by atoms with Crippen molar-refractivity contribution in [2.75, 3.05) is 0 Å². The van der Waals surface area contributed by atoms with Crippen molar-refractivity contribution in [3.8, 4) is 0 Å². The third-order valence-electron chi connectivity index (χ3n) is 2.97. The van der Waals surface area contributed by atoms with Gasteiger partial charge in [0.2, 0.25) is 0 Å². The van der Waals surface area contributed by atoms with Gasteiger partial charge in [0, 0.05) is 0 Å². The Morgan fingerprint density at radius 3 is 1.82 bits per heavy atom. The van der Waals surface area contributed by atoms with Crippen LogP contribution in [0.4, 0.5) is 0 Å². The fourth-order valence-electron chi connectivity index (χ4n) is 2.15. The predicted molar refractivity (Wildman–Crippen MR) is 76.9 cm³/mol. The Morgan fingerprint density at radius 2 is 1.29 bits per heavy atom. The van der Waals surface area contributed by atoms with Crippen molar-refractivity contribution in [3.05, 3.63) is 59.7 Å². The van der Waals surface area contributed by atoms with E-state index in [0.717, 1.165) is 0 Å². The Morgan fingerprint density at radius 1 is 0.824 bits per heavy atom. The first-order valence-corrected chi connectivity index (χ1v) is 11.6. The molecule has 2 aromatic rings. The number of rotatable bonds is 0. The first-order chi connectivity index (χ1) is 8.33. The van der Waals surface area contributed by atoms with Crippen LogP contribution < -0.4 is 8.92 Å². The van der Waals surface area contributed by atoms with Gasteiger partial charge in [-0.25, -0.2) is 0 Å². The van der Waals surface area contributed by atoms with Crippen LogP contribution in [0.5, 0.6) is 0 Å². The molecule has 17 heavy (non-hydrogen) atoms. The molecule has 86 valence electrons. The van der Waals surface area contributed by atoms with Crippen LogP contribution >= 0.6 is 0 Å². The molecule has 1 aliphatic rings. The predicted octanol–water partition coefficient (Wildman–Crippen LogP) is 1.64. The van der Waals surface area contributed by atoms with Gasteiger partial charge in [-0.1, -0.05) is 0 Å². The average Bonchev–Trinajstić information content (AvgIpc) is 2.31. The summed E-state index contributed by atoms with van der Waals surface area (Å²) in [5.74, 6) is 2.49. The molecule has 0 spiro atoms. The van der Waals surface area contributed by atoms with E-state index in [0.29, 0.717) is 15.0 Å². The van der Waals surface area contributed by atoms with Gasteiger partial charge in [0.05, 0.1) is 0 Å². The molecule has 0 bridgehead atoms. The monoisotopic (exact) mass is 355 g/mol. The van der Waals surface area contributed by atoms with Gasteiger partial charge in [-0.3, -0.25) is 0 Å². The molecule has 0 atom stereocenters. The van der Waals surface area contributed by atoms with Gasteiger partial charge in [0.15, 0.2) is 0 Å². The van der Waals surface area contributed by atoms with E-state index in [4.69, 9.17) is 0 Å². The zero-order valence-electron chi connectivity index (χ0n) is 9.85. The van der Waals surface area contributed by atoms with Crippen LogP contribution in [0.1, 0.15) is 11.1 Å². The molecule has 0 aromatic heterocycles. The van der Waals surface area contributed by atoms with Gasteiger partial charge in [0.1, 0.15) is 0 Å². The molecule has 2 heteroatoms. The molecule has 0 amide bonds. The fourth-order valence-corrected chi connectivity index (χ4v) is 8.82. The Hall–Kier alpha value is -0.521. The van der Waals surface area contributed by atoms with Crippen LogP contribution in [-0.4, -0.2) is 28.9 Å². The second-order valence-electron chi connectivity index (χ2n) is 4.39. The van der Waals surface area contributed by atoms with Crippen LogP contribution in [0.15, 0.2) is 48.5 Å². The van der Waals surface area contributed by atoms with Crippen molar-refractivity contribution in [2.45, 2.75) is 16.5 Å². The quantitative estimate of drug-likeness (QED) is 0.632. The molecular weight excluding hydrogens is 338 g/mol. The number of fused-ring (bicyclic) bond motifs is 2. The third-order valence-corrected chi connectivity index (χ3v) is 8.94. The topological polar surface area (TPSA) is 0 Å². The van der Waals surface area contributed by atoms with Crippen LogP contribution in [0.25, 0.3) is 0 Å². The molecule has 0 saturated carbocycles. The Labute approximate surface area is 113 Å². The van der Waals surface area contributed by atoms with Crippen LogP contribution in [-0.2, 0) is 10.6 Å². The van der Waals surface area contributed by atoms with Crippen molar-refractivity contribution >= 4 is 37.8 Å². The molecule has 0 fully saturated rings. The zero-order chi connectivity index (χ0) is 11.7. The molecule has 0 saturated heterocycles.